The second-order valence-corrected chi connectivity index (χ2v) is 8.51. The van der Waals surface area contributed by atoms with Gasteiger partial charge in [-0.15, -0.1) is 11.3 Å². The van der Waals surface area contributed by atoms with E-state index in [1.165, 1.54) is 0 Å². The number of aliphatic hydroxyl groups is 1. The molecular formula is C23H19N5OS. The highest BCUT2D eigenvalue weighted by Crippen LogP contribution is 2.39. The van der Waals surface area contributed by atoms with Gasteiger partial charge >= 0.3 is 0 Å². The Bertz CT molecular complexity index is 1370. The third kappa shape index (κ3) is 2.63. The van der Waals surface area contributed by atoms with Crippen LogP contribution in [0.4, 0.5) is 0 Å². The Labute approximate surface area is 176 Å². The van der Waals surface area contributed by atoms with Crippen LogP contribution in [0.5, 0.6) is 0 Å². The molecule has 4 aromatic heterocycles. The molecule has 1 aliphatic rings. The smallest absolute Gasteiger partial charge is 0.147 e. The first-order valence-corrected chi connectivity index (χ1v) is 10.8. The number of rotatable bonds is 3. The summed E-state index contributed by atoms with van der Waals surface area (Å²) in [5.41, 5.74) is 3.78. The van der Waals surface area contributed by atoms with Gasteiger partial charge in [-0.25, -0.2) is 9.97 Å². The number of aryl methyl sites for hydroxylation is 1. The van der Waals surface area contributed by atoms with Gasteiger partial charge in [0.15, 0.2) is 0 Å². The highest BCUT2D eigenvalue weighted by atomic mass is 32.1. The molecule has 0 amide bonds. The Hall–Kier alpha value is -3.29. The standard InChI is InChI=1S/C23H19N5OS/c29-23(6-2-9-28-10-8-25-22(23)28)16-4-1-3-15(11-16)20-14-30-21(27-20)18-13-26-19-5-7-24-12-17(18)19/h1,3-5,7-8,10-14,26,29H,2,6,9H2/t23-/m1/s1. The fraction of sp³-hybridized carbons (Fsp3) is 0.174. The normalized spacial score (nSPS) is 18.6. The van der Waals surface area contributed by atoms with Gasteiger partial charge in [-0.2, -0.15) is 0 Å². The predicted octanol–water partition coefficient (Wildman–Crippen LogP) is 4.58. The van der Waals surface area contributed by atoms with E-state index in [0.717, 1.165) is 57.1 Å². The molecule has 6 rings (SSSR count). The third-order valence-corrected chi connectivity index (χ3v) is 6.75. The minimum Gasteiger partial charge on any atom is -0.377 e. The number of pyridine rings is 1. The number of hydrogen-bond donors (Lipinski definition) is 2. The third-order valence-electron chi connectivity index (χ3n) is 5.88. The first-order chi connectivity index (χ1) is 14.7. The van der Waals surface area contributed by atoms with Gasteiger partial charge in [0.2, 0.25) is 0 Å². The van der Waals surface area contributed by atoms with Crippen molar-refractivity contribution in [3.8, 4) is 21.8 Å². The Morgan fingerprint density at radius 3 is 3.13 bits per heavy atom. The van der Waals surface area contributed by atoms with Crippen LogP contribution in [0.1, 0.15) is 24.2 Å². The monoisotopic (exact) mass is 413 g/mol. The van der Waals surface area contributed by atoms with Crippen LogP contribution >= 0.6 is 11.3 Å². The van der Waals surface area contributed by atoms with Crippen LogP contribution in [0.2, 0.25) is 0 Å². The number of hydrogen-bond acceptors (Lipinski definition) is 5. The van der Waals surface area contributed by atoms with E-state index in [9.17, 15) is 5.11 Å². The number of nitrogens with one attached hydrogen (secondary N) is 1. The highest BCUT2D eigenvalue weighted by Gasteiger charge is 2.38. The van der Waals surface area contributed by atoms with Gasteiger partial charge in [0.05, 0.1) is 5.69 Å². The lowest BCUT2D eigenvalue weighted by atomic mass is 9.85. The summed E-state index contributed by atoms with van der Waals surface area (Å²) in [5.74, 6) is 0.719. The molecule has 0 saturated carbocycles. The van der Waals surface area contributed by atoms with E-state index in [-0.39, 0.29) is 0 Å². The van der Waals surface area contributed by atoms with Gasteiger partial charge in [-0.05, 0) is 30.5 Å². The van der Waals surface area contributed by atoms with E-state index < -0.39 is 5.60 Å². The average molecular weight is 414 g/mol. The lowest BCUT2D eigenvalue weighted by molar-refractivity contribution is 0.0420. The van der Waals surface area contributed by atoms with Crippen LogP contribution in [0.25, 0.3) is 32.7 Å². The molecule has 0 spiro atoms. The molecule has 1 aromatic carbocycles. The van der Waals surface area contributed by atoms with E-state index in [1.54, 1.807) is 23.7 Å². The summed E-state index contributed by atoms with van der Waals surface area (Å²) < 4.78 is 2.04. The number of nitrogens with zero attached hydrogens (tertiary/aromatic N) is 4. The van der Waals surface area contributed by atoms with Crippen molar-refractivity contribution in [3.05, 3.63) is 78.1 Å². The summed E-state index contributed by atoms with van der Waals surface area (Å²) >= 11 is 1.61. The van der Waals surface area contributed by atoms with Crippen LogP contribution in [0.3, 0.4) is 0 Å². The first-order valence-electron chi connectivity index (χ1n) is 9.94. The van der Waals surface area contributed by atoms with Crippen molar-refractivity contribution >= 4 is 22.2 Å². The summed E-state index contributed by atoms with van der Waals surface area (Å²) in [7, 11) is 0. The molecule has 2 N–H and O–H groups in total. The summed E-state index contributed by atoms with van der Waals surface area (Å²) in [6.07, 6.45) is 10.9. The molecule has 148 valence electrons. The van der Waals surface area contributed by atoms with E-state index in [4.69, 9.17) is 4.98 Å². The molecule has 7 heteroatoms. The summed E-state index contributed by atoms with van der Waals surface area (Å²) in [6, 6.07) is 10.0. The van der Waals surface area contributed by atoms with Crippen molar-refractivity contribution in [2.24, 2.45) is 0 Å². The molecule has 0 aliphatic carbocycles. The van der Waals surface area contributed by atoms with Crippen molar-refractivity contribution < 1.29 is 5.11 Å². The maximum atomic E-state index is 11.5. The Kier molecular flexibility index (Phi) is 3.87. The molecule has 0 unspecified atom stereocenters. The molecule has 1 aliphatic heterocycles. The summed E-state index contributed by atoms with van der Waals surface area (Å²) in [6.45, 7) is 0.895. The summed E-state index contributed by atoms with van der Waals surface area (Å²) in [5, 5.41) is 15.6. The number of aromatic nitrogens is 5. The van der Waals surface area contributed by atoms with Gasteiger partial charge in [-0.3, -0.25) is 4.98 Å². The fourth-order valence-corrected chi connectivity index (χ4v) is 5.21. The molecule has 1 atom stereocenters. The van der Waals surface area contributed by atoms with Gasteiger partial charge in [0, 0.05) is 64.9 Å². The van der Waals surface area contributed by atoms with Crippen molar-refractivity contribution in [1.82, 2.24) is 24.5 Å². The number of H-pyrrole nitrogens is 1. The minimum absolute atomic E-state index is 0.665. The number of aromatic amines is 1. The highest BCUT2D eigenvalue weighted by molar-refractivity contribution is 7.13. The van der Waals surface area contributed by atoms with Gasteiger partial charge in [0.25, 0.3) is 0 Å². The molecule has 0 saturated heterocycles. The zero-order valence-electron chi connectivity index (χ0n) is 16.1. The first kappa shape index (κ1) is 17.6. The quantitative estimate of drug-likeness (QED) is 0.454. The summed E-state index contributed by atoms with van der Waals surface area (Å²) in [4.78, 5) is 16.9. The topological polar surface area (TPSA) is 79.6 Å². The Morgan fingerprint density at radius 2 is 2.17 bits per heavy atom. The molecule has 0 radical (unpaired) electrons. The fourth-order valence-electron chi connectivity index (χ4n) is 4.35. The van der Waals surface area contributed by atoms with E-state index in [1.807, 2.05) is 53.5 Å². The SMILES string of the molecule is O[C@@]1(c2cccc(-c3csc(-c4c[nH]c5ccncc45)n3)c2)CCCn2ccnc21. The molecule has 5 aromatic rings. The van der Waals surface area contributed by atoms with Gasteiger partial charge in [-0.1, -0.05) is 18.2 Å². The number of imidazole rings is 1. The second kappa shape index (κ2) is 6.62. The maximum Gasteiger partial charge on any atom is 0.147 e. The lowest BCUT2D eigenvalue weighted by Gasteiger charge is -2.33. The van der Waals surface area contributed by atoms with Crippen LogP contribution in [-0.4, -0.2) is 29.6 Å². The van der Waals surface area contributed by atoms with Crippen molar-refractivity contribution in [2.75, 3.05) is 0 Å². The van der Waals surface area contributed by atoms with Gasteiger partial charge in [0.1, 0.15) is 16.4 Å². The van der Waals surface area contributed by atoms with E-state index >= 15 is 0 Å². The zero-order chi connectivity index (χ0) is 20.1. The molecule has 0 bridgehead atoms. The van der Waals surface area contributed by atoms with E-state index in [0.29, 0.717) is 6.42 Å². The van der Waals surface area contributed by atoms with Crippen molar-refractivity contribution in [2.45, 2.75) is 25.0 Å². The minimum atomic E-state index is -1.07. The maximum absolute atomic E-state index is 11.5. The molecule has 6 nitrogen and oxygen atoms in total. The Balaban J connectivity index is 1.40. The van der Waals surface area contributed by atoms with Crippen LogP contribution in [0.15, 0.2) is 66.7 Å². The number of thiazole rings is 1. The molecule has 0 fully saturated rings. The number of fused-ring (bicyclic) bond motifs is 2. The lowest BCUT2D eigenvalue weighted by Crippen LogP contribution is -2.35. The second-order valence-electron chi connectivity index (χ2n) is 7.65. The van der Waals surface area contributed by atoms with Crippen LogP contribution < -0.4 is 0 Å². The Morgan fingerprint density at radius 1 is 1.20 bits per heavy atom. The number of benzene rings is 1. The zero-order valence-corrected chi connectivity index (χ0v) is 16.9. The molecule has 30 heavy (non-hydrogen) atoms. The molecular weight excluding hydrogens is 394 g/mol. The largest absolute Gasteiger partial charge is 0.377 e. The average Bonchev–Trinajstić information content (AvgIpc) is 3.53. The van der Waals surface area contributed by atoms with Crippen LogP contribution in [0, 0.1) is 0 Å². The molecule has 5 heterocycles. The van der Waals surface area contributed by atoms with Crippen molar-refractivity contribution in [1.29, 1.82) is 0 Å². The van der Waals surface area contributed by atoms with E-state index in [2.05, 4.69) is 20.3 Å². The van der Waals surface area contributed by atoms with Gasteiger partial charge < -0.3 is 14.7 Å². The van der Waals surface area contributed by atoms with Crippen LogP contribution in [-0.2, 0) is 12.1 Å². The van der Waals surface area contributed by atoms with Crippen molar-refractivity contribution in [3.63, 3.8) is 0 Å². The predicted molar refractivity (Wildman–Crippen MR) is 117 cm³/mol.